The van der Waals surface area contributed by atoms with Crippen LogP contribution >= 0.6 is 11.6 Å². The predicted molar refractivity (Wildman–Crippen MR) is 100 cm³/mol. The van der Waals surface area contributed by atoms with E-state index in [2.05, 4.69) is 0 Å². The summed E-state index contributed by atoms with van der Waals surface area (Å²) in [6, 6.07) is 7.30. The van der Waals surface area contributed by atoms with Crippen LogP contribution in [0, 0.1) is 5.92 Å². The highest BCUT2D eigenvalue weighted by molar-refractivity contribution is 7.90. The van der Waals surface area contributed by atoms with E-state index in [-0.39, 0.29) is 13.1 Å². The van der Waals surface area contributed by atoms with E-state index in [1.165, 1.54) is 22.5 Å². The van der Waals surface area contributed by atoms with E-state index in [1.54, 1.807) is 12.1 Å². The molecule has 0 spiro atoms. The largest absolute Gasteiger partial charge is 0.369 e. The summed E-state index contributed by atoms with van der Waals surface area (Å²) in [4.78, 5) is 11.3. The quantitative estimate of drug-likeness (QED) is 0.778. The summed E-state index contributed by atoms with van der Waals surface area (Å²) >= 11 is 5.89. The highest BCUT2D eigenvalue weighted by Gasteiger charge is 2.52. The van der Waals surface area contributed by atoms with Crippen LogP contribution in [0.1, 0.15) is 0 Å². The molecule has 1 aliphatic heterocycles. The predicted octanol–water partition coefficient (Wildman–Crippen LogP) is 0.708. The normalized spacial score (nSPS) is 26.8. The summed E-state index contributed by atoms with van der Waals surface area (Å²) in [6.45, 7) is 1.29. The van der Waals surface area contributed by atoms with Crippen molar-refractivity contribution in [1.82, 2.24) is 4.31 Å². The van der Waals surface area contributed by atoms with Gasteiger partial charge in [0, 0.05) is 36.9 Å². The number of hydrogen-bond donors (Lipinski definition) is 2. The van der Waals surface area contributed by atoms with E-state index in [0.717, 1.165) is 11.8 Å². The number of primary amides is 1. The van der Waals surface area contributed by atoms with Gasteiger partial charge in [-0.15, -0.1) is 0 Å². The van der Waals surface area contributed by atoms with Gasteiger partial charge in [-0.05, 0) is 30.3 Å². The fourth-order valence-corrected chi connectivity index (χ4v) is 5.15. The molecule has 1 saturated heterocycles. The first-order valence-corrected chi connectivity index (χ1v) is 9.95. The van der Waals surface area contributed by atoms with Crippen molar-refractivity contribution in [2.24, 2.45) is 11.7 Å². The van der Waals surface area contributed by atoms with E-state index in [0.29, 0.717) is 18.1 Å². The molecular formula is C17H20ClN3O4S. The van der Waals surface area contributed by atoms with Gasteiger partial charge < -0.3 is 15.7 Å². The monoisotopic (exact) mass is 397 g/mol. The van der Waals surface area contributed by atoms with Crippen LogP contribution in [-0.4, -0.2) is 54.8 Å². The van der Waals surface area contributed by atoms with Gasteiger partial charge in [0.1, 0.15) is 5.92 Å². The van der Waals surface area contributed by atoms with Crippen LogP contribution in [0.3, 0.4) is 0 Å². The maximum absolute atomic E-state index is 13.0. The Balaban J connectivity index is 1.77. The number of allylic oxidation sites excluding steroid dienone is 2. The molecule has 3 N–H and O–H groups in total. The van der Waals surface area contributed by atoms with Gasteiger partial charge in [0.2, 0.25) is 20.9 Å². The van der Waals surface area contributed by atoms with Gasteiger partial charge in [0.25, 0.3) is 0 Å². The molecule has 2 atom stereocenters. The Morgan fingerprint density at radius 3 is 2.35 bits per heavy atom. The smallest absolute Gasteiger partial charge is 0.249 e. The van der Waals surface area contributed by atoms with Gasteiger partial charge in [-0.1, -0.05) is 29.8 Å². The van der Waals surface area contributed by atoms with Crippen molar-refractivity contribution in [2.75, 3.05) is 31.1 Å². The zero-order chi connectivity index (χ0) is 18.9. The molecule has 0 bridgehead atoms. The highest BCUT2D eigenvalue weighted by Crippen LogP contribution is 2.33. The Bertz CT molecular complexity index is 845. The van der Waals surface area contributed by atoms with Crippen molar-refractivity contribution < 1.29 is 18.3 Å². The molecule has 1 aromatic carbocycles. The molecule has 140 valence electrons. The second-order valence-corrected chi connectivity index (χ2v) is 8.80. The molecule has 1 aliphatic carbocycles. The van der Waals surface area contributed by atoms with Crippen LogP contribution in [0.4, 0.5) is 5.69 Å². The summed E-state index contributed by atoms with van der Waals surface area (Å²) in [5, 5.41) is 11.4. The van der Waals surface area contributed by atoms with Crippen molar-refractivity contribution in [3.63, 3.8) is 0 Å². The summed E-state index contributed by atoms with van der Waals surface area (Å²) < 4.78 is 27.2. The lowest BCUT2D eigenvalue weighted by Gasteiger charge is -2.40. The zero-order valence-electron chi connectivity index (χ0n) is 14.0. The molecule has 3 rings (SSSR count). The number of hydrogen-bond acceptors (Lipinski definition) is 5. The van der Waals surface area contributed by atoms with Crippen molar-refractivity contribution >= 4 is 33.2 Å². The number of anilines is 1. The number of carbonyl (C=O) groups excluding carboxylic acids is 1. The number of halogens is 1. The van der Waals surface area contributed by atoms with Crippen molar-refractivity contribution in [3.05, 3.63) is 53.6 Å². The summed E-state index contributed by atoms with van der Waals surface area (Å²) in [5.41, 5.74) is 6.24. The third-order valence-corrected chi connectivity index (χ3v) is 7.20. The van der Waals surface area contributed by atoms with Crippen LogP contribution in [0.25, 0.3) is 0 Å². The van der Waals surface area contributed by atoms with Crippen LogP contribution in [0.15, 0.2) is 48.6 Å². The number of piperazine rings is 1. The molecule has 2 unspecified atom stereocenters. The Kier molecular flexibility index (Phi) is 5.12. The van der Waals surface area contributed by atoms with Crippen LogP contribution in [0.2, 0.25) is 5.02 Å². The lowest BCUT2D eigenvalue weighted by Crippen LogP contribution is -2.59. The summed E-state index contributed by atoms with van der Waals surface area (Å²) in [5.74, 6) is -2.22. The van der Waals surface area contributed by atoms with Crippen LogP contribution < -0.4 is 10.6 Å². The van der Waals surface area contributed by atoms with Crippen molar-refractivity contribution in [3.8, 4) is 0 Å². The number of rotatable bonds is 4. The molecule has 7 nitrogen and oxygen atoms in total. The van der Waals surface area contributed by atoms with E-state index in [9.17, 15) is 18.3 Å². The van der Waals surface area contributed by atoms with E-state index in [4.69, 9.17) is 17.3 Å². The number of benzene rings is 1. The molecule has 0 radical (unpaired) electrons. The number of aliphatic hydroxyl groups is 1. The Hall–Kier alpha value is -1.87. The number of carbonyl (C=O) groups is 1. The molecule has 2 aliphatic rings. The van der Waals surface area contributed by atoms with Gasteiger partial charge in [0.05, 0.1) is 0 Å². The SMILES string of the molecule is NC(=O)C1C=CC=CC1(O)S(=O)(=O)N1CCN(c2ccc(Cl)cc2)CC1. The minimum absolute atomic E-state index is 0.191. The van der Waals surface area contributed by atoms with Crippen molar-refractivity contribution in [1.29, 1.82) is 0 Å². The first kappa shape index (κ1) is 18.9. The Labute approximate surface area is 157 Å². The molecule has 0 saturated carbocycles. The average molecular weight is 398 g/mol. The zero-order valence-corrected chi connectivity index (χ0v) is 15.5. The molecule has 1 aromatic rings. The van der Waals surface area contributed by atoms with Gasteiger partial charge in [-0.2, -0.15) is 4.31 Å². The van der Waals surface area contributed by atoms with E-state index >= 15 is 0 Å². The lowest BCUT2D eigenvalue weighted by molar-refractivity contribution is -0.123. The summed E-state index contributed by atoms with van der Waals surface area (Å²) in [7, 11) is -4.19. The highest BCUT2D eigenvalue weighted by atomic mass is 35.5. The average Bonchev–Trinajstić information content (AvgIpc) is 2.62. The molecular weight excluding hydrogens is 378 g/mol. The first-order valence-electron chi connectivity index (χ1n) is 8.13. The Morgan fingerprint density at radius 2 is 1.77 bits per heavy atom. The minimum atomic E-state index is -4.19. The van der Waals surface area contributed by atoms with E-state index in [1.807, 2.05) is 17.0 Å². The molecule has 1 amide bonds. The maximum atomic E-state index is 13.0. The van der Waals surface area contributed by atoms with Crippen LogP contribution in [0.5, 0.6) is 0 Å². The second kappa shape index (κ2) is 7.03. The molecule has 0 aromatic heterocycles. The molecule has 1 fully saturated rings. The van der Waals surface area contributed by atoms with Gasteiger partial charge >= 0.3 is 0 Å². The van der Waals surface area contributed by atoms with Crippen LogP contribution in [-0.2, 0) is 14.8 Å². The lowest BCUT2D eigenvalue weighted by atomic mass is 9.96. The minimum Gasteiger partial charge on any atom is -0.369 e. The van der Waals surface area contributed by atoms with Gasteiger partial charge in [0.15, 0.2) is 0 Å². The molecule has 1 heterocycles. The number of nitrogens with two attached hydrogens (primary N) is 1. The topological polar surface area (TPSA) is 104 Å². The standard InChI is InChI=1S/C17H20ClN3O4S/c18-13-4-6-14(7-5-13)20-9-11-21(12-10-20)26(24,25)17(23)8-2-1-3-15(17)16(19)22/h1-8,15,23H,9-12H2,(H2,19,22). The van der Waals surface area contributed by atoms with Gasteiger partial charge in [-0.3, -0.25) is 4.79 Å². The maximum Gasteiger partial charge on any atom is 0.249 e. The first-order chi connectivity index (χ1) is 12.3. The number of nitrogens with zero attached hydrogens (tertiary/aromatic N) is 2. The molecule has 9 heteroatoms. The summed E-state index contributed by atoms with van der Waals surface area (Å²) in [6.07, 6.45) is 5.33. The fraction of sp³-hybridized carbons (Fsp3) is 0.353. The Morgan fingerprint density at radius 1 is 1.15 bits per heavy atom. The third kappa shape index (κ3) is 3.25. The number of amides is 1. The van der Waals surface area contributed by atoms with Crippen molar-refractivity contribution in [2.45, 2.75) is 4.93 Å². The van der Waals surface area contributed by atoms with E-state index < -0.39 is 26.8 Å². The number of sulfonamides is 1. The van der Waals surface area contributed by atoms with Gasteiger partial charge in [-0.25, -0.2) is 8.42 Å². The third-order valence-electron chi connectivity index (χ3n) is 4.69. The fourth-order valence-electron chi connectivity index (χ4n) is 3.20. The second-order valence-electron chi connectivity index (χ2n) is 6.24. The molecule has 26 heavy (non-hydrogen) atoms.